The minimum absolute atomic E-state index is 0.0541. The molecule has 0 bridgehead atoms. The van der Waals surface area contributed by atoms with Crippen LogP contribution in [0.5, 0.6) is 0 Å². The van der Waals surface area contributed by atoms with Crippen LogP contribution in [0.3, 0.4) is 0 Å². The van der Waals surface area contributed by atoms with Crippen LogP contribution in [-0.4, -0.2) is 64.5 Å². The Bertz CT molecular complexity index is 940. The summed E-state index contributed by atoms with van der Waals surface area (Å²) < 4.78 is 28.7. The Labute approximate surface area is 165 Å². The second kappa shape index (κ2) is 7.63. The molecule has 4 rings (SSSR count). The van der Waals surface area contributed by atoms with Gasteiger partial charge in [0.1, 0.15) is 12.2 Å². The smallest absolute Gasteiger partial charge is 0.253 e. The molecule has 0 radical (unpaired) electrons. The molecule has 1 aromatic carbocycles. The van der Waals surface area contributed by atoms with E-state index in [1.807, 2.05) is 16.5 Å². The molecule has 0 aliphatic carbocycles. The van der Waals surface area contributed by atoms with Crippen molar-refractivity contribution in [1.82, 2.24) is 24.0 Å². The first-order chi connectivity index (χ1) is 13.5. The number of hydrogen-bond donors (Lipinski definition) is 0. The van der Waals surface area contributed by atoms with E-state index in [-0.39, 0.29) is 10.8 Å². The van der Waals surface area contributed by atoms with Gasteiger partial charge >= 0.3 is 0 Å². The molecule has 0 atom stereocenters. The Morgan fingerprint density at radius 2 is 1.68 bits per heavy atom. The van der Waals surface area contributed by atoms with Crippen molar-refractivity contribution < 1.29 is 13.2 Å². The van der Waals surface area contributed by atoms with Gasteiger partial charge < -0.3 is 9.47 Å². The van der Waals surface area contributed by atoms with E-state index >= 15 is 0 Å². The van der Waals surface area contributed by atoms with Crippen LogP contribution in [-0.2, 0) is 17.1 Å². The molecule has 8 nitrogen and oxygen atoms in total. The second-order valence-electron chi connectivity index (χ2n) is 7.50. The summed E-state index contributed by atoms with van der Waals surface area (Å²) in [6.07, 6.45) is 5.20. The van der Waals surface area contributed by atoms with Gasteiger partial charge in [-0.1, -0.05) is 0 Å². The fourth-order valence-electron chi connectivity index (χ4n) is 4.03. The lowest BCUT2D eigenvalue weighted by Crippen LogP contribution is -2.38. The maximum atomic E-state index is 12.8. The second-order valence-corrected chi connectivity index (χ2v) is 9.44. The summed E-state index contributed by atoms with van der Waals surface area (Å²) >= 11 is 0. The molecule has 2 aliphatic rings. The minimum Gasteiger partial charge on any atom is -0.339 e. The van der Waals surface area contributed by atoms with Gasteiger partial charge in [0, 0.05) is 44.7 Å². The van der Waals surface area contributed by atoms with Crippen LogP contribution in [0.15, 0.2) is 35.5 Å². The number of sulfonamides is 1. The van der Waals surface area contributed by atoms with Crippen molar-refractivity contribution >= 4 is 15.9 Å². The van der Waals surface area contributed by atoms with Crippen molar-refractivity contribution in [3.05, 3.63) is 42.0 Å². The topological polar surface area (TPSA) is 88.4 Å². The lowest BCUT2D eigenvalue weighted by atomic mass is 9.95. The number of amides is 1. The summed E-state index contributed by atoms with van der Waals surface area (Å²) in [6.45, 7) is 2.46. The first kappa shape index (κ1) is 19.1. The van der Waals surface area contributed by atoms with Crippen LogP contribution in [0.1, 0.15) is 47.8 Å². The number of likely N-dealkylation sites (tertiary alicyclic amines) is 1. The number of carbonyl (C=O) groups excluding carboxylic acids is 1. The molecule has 2 aromatic rings. The fraction of sp³-hybridized carbons (Fsp3) is 0.526. The van der Waals surface area contributed by atoms with E-state index in [0.29, 0.717) is 37.7 Å². The molecule has 2 saturated heterocycles. The molecule has 1 aromatic heterocycles. The summed E-state index contributed by atoms with van der Waals surface area (Å²) in [5.41, 5.74) is 0.525. The summed E-state index contributed by atoms with van der Waals surface area (Å²) in [6, 6.07) is 6.35. The van der Waals surface area contributed by atoms with Gasteiger partial charge in [-0.2, -0.15) is 4.31 Å². The highest BCUT2D eigenvalue weighted by molar-refractivity contribution is 7.89. The standard InChI is InChI=1S/C19H25N5O3S/c1-22-14-20-21-18(22)15-8-12-23(13-9-15)19(25)16-4-6-17(7-5-16)28(26,27)24-10-2-3-11-24/h4-7,14-15H,2-3,8-13H2,1H3. The molecule has 9 heteroatoms. The number of hydrogen-bond acceptors (Lipinski definition) is 5. The Hall–Kier alpha value is -2.26. The van der Waals surface area contributed by atoms with Crippen molar-refractivity contribution in [1.29, 1.82) is 0 Å². The number of carbonyl (C=O) groups is 1. The van der Waals surface area contributed by atoms with E-state index in [1.54, 1.807) is 30.6 Å². The molecule has 28 heavy (non-hydrogen) atoms. The predicted molar refractivity (Wildman–Crippen MR) is 103 cm³/mol. The Balaban J connectivity index is 1.41. The van der Waals surface area contributed by atoms with Crippen LogP contribution < -0.4 is 0 Å². The van der Waals surface area contributed by atoms with Crippen LogP contribution in [0.2, 0.25) is 0 Å². The maximum absolute atomic E-state index is 12.8. The Morgan fingerprint density at radius 1 is 1.04 bits per heavy atom. The number of rotatable bonds is 4. The highest BCUT2D eigenvalue weighted by Crippen LogP contribution is 2.27. The van der Waals surface area contributed by atoms with Crippen LogP contribution >= 0.6 is 0 Å². The summed E-state index contributed by atoms with van der Waals surface area (Å²) in [7, 11) is -1.51. The molecule has 0 saturated carbocycles. The SMILES string of the molecule is Cn1cnnc1C1CCN(C(=O)c2ccc(S(=O)(=O)N3CCCC3)cc2)CC1. The summed E-state index contributed by atoms with van der Waals surface area (Å²) in [5.74, 6) is 1.22. The zero-order chi connectivity index (χ0) is 19.7. The highest BCUT2D eigenvalue weighted by Gasteiger charge is 2.29. The minimum atomic E-state index is -3.45. The third kappa shape index (κ3) is 3.56. The molecule has 3 heterocycles. The number of nitrogens with zero attached hydrogens (tertiary/aromatic N) is 5. The Kier molecular flexibility index (Phi) is 5.20. The quantitative estimate of drug-likeness (QED) is 0.774. The molecular weight excluding hydrogens is 378 g/mol. The van der Waals surface area contributed by atoms with E-state index in [2.05, 4.69) is 10.2 Å². The van der Waals surface area contributed by atoms with Crippen LogP contribution in [0, 0.1) is 0 Å². The zero-order valence-electron chi connectivity index (χ0n) is 16.0. The molecule has 0 spiro atoms. The molecule has 0 N–H and O–H groups in total. The van der Waals surface area contributed by atoms with Gasteiger partial charge in [0.15, 0.2) is 0 Å². The third-order valence-electron chi connectivity index (χ3n) is 5.70. The normalized spacial score (nSPS) is 19.2. The van der Waals surface area contributed by atoms with Gasteiger partial charge in [-0.15, -0.1) is 10.2 Å². The van der Waals surface area contributed by atoms with Gasteiger partial charge in [0.25, 0.3) is 5.91 Å². The fourth-order valence-corrected chi connectivity index (χ4v) is 5.55. The van der Waals surface area contributed by atoms with Gasteiger partial charge in [0.2, 0.25) is 10.0 Å². The lowest BCUT2D eigenvalue weighted by Gasteiger charge is -2.31. The van der Waals surface area contributed by atoms with Crippen molar-refractivity contribution in [2.24, 2.45) is 7.05 Å². The summed E-state index contributed by atoms with van der Waals surface area (Å²) in [4.78, 5) is 14.9. The van der Waals surface area contributed by atoms with E-state index in [1.165, 1.54) is 4.31 Å². The van der Waals surface area contributed by atoms with Crippen LogP contribution in [0.25, 0.3) is 0 Å². The molecular formula is C19H25N5O3S. The van der Waals surface area contributed by atoms with Crippen molar-refractivity contribution in [2.75, 3.05) is 26.2 Å². The largest absolute Gasteiger partial charge is 0.339 e. The first-order valence-electron chi connectivity index (χ1n) is 9.70. The summed E-state index contributed by atoms with van der Waals surface area (Å²) in [5, 5.41) is 8.12. The van der Waals surface area contributed by atoms with E-state index in [9.17, 15) is 13.2 Å². The number of benzene rings is 1. The molecule has 1 amide bonds. The van der Waals surface area contributed by atoms with E-state index in [4.69, 9.17) is 0 Å². The lowest BCUT2D eigenvalue weighted by molar-refractivity contribution is 0.0710. The van der Waals surface area contributed by atoms with Crippen molar-refractivity contribution in [3.8, 4) is 0 Å². The highest BCUT2D eigenvalue weighted by atomic mass is 32.2. The maximum Gasteiger partial charge on any atom is 0.253 e. The number of aromatic nitrogens is 3. The Morgan fingerprint density at radius 3 is 2.25 bits per heavy atom. The molecule has 2 aliphatic heterocycles. The van der Waals surface area contributed by atoms with Gasteiger partial charge in [-0.3, -0.25) is 4.79 Å². The molecule has 0 unspecified atom stereocenters. The van der Waals surface area contributed by atoms with Gasteiger partial charge in [-0.25, -0.2) is 8.42 Å². The van der Waals surface area contributed by atoms with Gasteiger partial charge in [0.05, 0.1) is 4.90 Å². The van der Waals surface area contributed by atoms with Gasteiger partial charge in [-0.05, 0) is 49.9 Å². The average Bonchev–Trinajstić information content (AvgIpc) is 3.40. The van der Waals surface area contributed by atoms with Crippen LogP contribution in [0.4, 0.5) is 0 Å². The first-order valence-corrected chi connectivity index (χ1v) is 11.1. The van der Waals surface area contributed by atoms with E-state index in [0.717, 1.165) is 31.5 Å². The van der Waals surface area contributed by atoms with Crippen molar-refractivity contribution in [2.45, 2.75) is 36.5 Å². The zero-order valence-corrected chi connectivity index (χ0v) is 16.8. The molecule has 150 valence electrons. The predicted octanol–water partition coefficient (Wildman–Crippen LogP) is 1.62. The van der Waals surface area contributed by atoms with Crippen molar-refractivity contribution in [3.63, 3.8) is 0 Å². The monoisotopic (exact) mass is 403 g/mol. The third-order valence-corrected chi connectivity index (χ3v) is 7.61. The number of aryl methyl sites for hydroxylation is 1. The number of piperidine rings is 1. The van der Waals surface area contributed by atoms with E-state index < -0.39 is 10.0 Å². The average molecular weight is 404 g/mol. The molecule has 2 fully saturated rings.